The molecular formula is C15H18N6. The molecule has 0 spiro atoms. The Bertz CT molecular complexity index is 799. The van der Waals surface area contributed by atoms with E-state index in [9.17, 15) is 0 Å². The van der Waals surface area contributed by atoms with E-state index in [-0.39, 0.29) is 5.41 Å². The van der Waals surface area contributed by atoms with E-state index in [2.05, 4.69) is 47.3 Å². The van der Waals surface area contributed by atoms with Crippen LogP contribution in [0.4, 0.5) is 5.82 Å². The number of pyridine rings is 1. The molecule has 3 rings (SSSR count). The maximum Gasteiger partial charge on any atom is 0.143 e. The molecule has 0 aliphatic heterocycles. The molecule has 3 aromatic rings. The average molecular weight is 282 g/mol. The van der Waals surface area contributed by atoms with Gasteiger partial charge in [0.15, 0.2) is 0 Å². The first-order chi connectivity index (χ1) is 9.88. The number of nitrogens with zero attached hydrogens (tertiary/aromatic N) is 5. The first kappa shape index (κ1) is 13.5. The van der Waals surface area contributed by atoms with Gasteiger partial charge in [-0.05, 0) is 34.9 Å². The third-order valence-electron chi connectivity index (χ3n) is 3.65. The Balaban J connectivity index is 2.26. The van der Waals surface area contributed by atoms with Crippen molar-refractivity contribution < 1.29 is 0 Å². The van der Waals surface area contributed by atoms with Crippen LogP contribution < -0.4 is 5.73 Å². The van der Waals surface area contributed by atoms with Crippen LogP contribution in [0.3, 0.4) is 0 Å². The molecule has 0 saturated carbocycles. The van der Waals surface area contributed by atoms with Gasteiger partial charge in [0.05, 0.1) is 11.2 Å². The molecule has 1 aromatic carbocycles. The lowest BCUT2D eigenvalue weighted by Crippen LogP contribution is -2.15. The normalized spacial score (nSPS) is 12.0. The Kier molecular flexibility index (Phi) is 2.90. The number of aryl methyl sites for hydroxylation is 1. The lowest BCUT2D eigenvalue weighted by molar-refractivity contribution is 0.591. The SMILES string of the molecule is Cc1c(-n2cnnn2)ccc2cc(C(C)(C)C)c(N)nc12. The number of tetrazole rings is 1. The molecule has 0 amide bonds. The fourth-order valence-electron chi connectivity index (χ4n) is 2.51. The topological polar surface area (TPSA) is 82.5 Å². The van der Waals surface area contributed by atoms with Crippen LogP contribution in [-0.4, -0.2) is 25.2 Å². The number of fused-ring (bicyclic) bond motifs is 1. The van der Waals surface area contributed by atoms with Gasteiger partial charge in [-0.1, -0.05) is 26.8 Å². The lowest BCUT2D eigenvalue weighted by atomic mass is 9.86. The van der Waals surface area contributed by atoms with Crippen LogP contribution >= 0.6 is 0 Å². The highest BCUT2D eigenvalue weighted by Gasteiger charge is 2.19. The minimum absolute atomic E-state index is 0.0341. The van der Waals surface area contributed by atoms with Crippen LogP contribution in [0.2, 0.25) is 0 Å². The van der Waals surface area contributed by atoms with E-state index in [1.165, 1.54) is 0 Å². The summed E-state index contributed by atoms with van der Waals surface area (Å²) >= 11 is 0. The molecule has 0 aliphatic carbocycles. The molecule has 0 aliphatic rings. The van der Waals surface area contributed by atoms with E-state index in [0.717, 1.165) is 27.7 Å². The summed E-state index contributed by atoms with van der Waals surface area (Å²) < 4.78 is 1.63. The van der Waals surface area contributed by atoms with Gasteiger partial charge in [0.1, 0.15) is 12.1 Å². The number of hydrogen-bond donors (Lipinski definition) is 1. The lowest BCUT2D eigenvalue weighted by Gasteiger charge is -2.21. The minimum atomic E-state index is -0.0341. The summed E-state index contributed by atoms with van der Waals surface area (Å²) in [5.74, 6) is 0.576. The van der Waals surface area contributed by atoms with Crippen molar-refractivity contribution in [2.45, 2.75) is 33.1 Å². The van der Waals surface area contributed by atoms with Crippen molar-refractivity contribution in [2.75, 3.05) is 5.73 Å². The number of aromatic nitrogens is 5. The molecule has 0 atom stereocenters. The van der Waals surface area contributed by atoms with Crippen molar-refractivity contribution in [3.05, 3.63) is 35.7 Å². The van der Waals surface area contributed by atoms with Gasteiger partial charge in [-0.3, -0.25) is 0 Å². The molecule has 0 saturated heterocycles. The second-order valence-corrected chi connectivity index (χ2v) is 6.21. The van der Waals surface area contributed by atoms with Crippen molar-refractivity contribution in [3.8, 4) is 5.69 Å². The van der Waals surface area contributed by atoms with Gasteiger partial charge in [-0.2, -0.15) is 0 Å². The third kappa shape index (κ3) is 2.22. The number of rotatable bonds is 1. The van der Waals surface area contributed by atoms with E-state index < -0.39 is 0 Å². The van der Waals surface area contributed by atoms with E-state index in [1.807, 2.05) is 19.1 Å². The smallest absolute Gasteiger partial charge is 0.143 e. The molecule has 0 fully saturated rings. The van der Waals surface area contributed by atoms with Gasteiger partial charge < -0.3 is 5.73 Å². The first-order valence-electron chi connectivity index (χ1n) is 6.81. The van der Waals surface area contributed by atoms with Crippen LogP contribution in [-0.2, 0) is 5.41 Å². The Morgan fingerprint density at radius 3 is 2.57 bits per heavy atom. The van der Waals surface area contributed by atoms with Gasteiger partial charge >= 0.3 is 0 Å². The van der Waals surface area contributed by atoms with Crippen molar-refractivity contribution in [3.63, 3.8) is 0 Å². The molecule has 2 heterocycles. The zero-order valence-corrected chi connectivity index (χ0v) is 12.6. The van der Waals surface area contributed by atoms with Crippen molar-refractivity contribution in [2.24, 2.45) is 0 Å². The maximum atomic E-state index is 6.15. The van der Waals surface area contributed by atoms with E-state index in [4.69, 9.17) is 5.73 Å². The minimum Gasteiger partial charge on any atom is -0.383 e. The first-order valence-corrected chi connectivity index (χ1v) is 6.81. The monoisotopic (exact) mass is 282 g/mol. The zero-order valence-electron chi connectivity index (χ0n) is 12.6. The third-order valence-corrected chi connectivity index (χ3v) is 3.65. The predicted octanol–water partition coefficient (Wildman–Crippen LogP) is 2.40. The largest absolute Gasteiger partial charge is 0.383 e. The molecule has 0 bridgehead atoms. The van der Waals surface area contributed by atoms with Crippen LogP contribution in [0.5, 0.6) is 0 Å². The van der Waals surface area contributed by atoms with E-state index >= 15 is 0 Å². The van der Waals surface area contributed by atoms with Crippen LogP contribution in [0, 0.1) is 6.92 Å². The number of nitrogens with two attached hydrogens (primary N) is 1. The second-order valence-electron chi connectivity index (χ2n) is 6.21. The maximum absolute atomic E-state index is 6.15. The summed E-state index contributed by atoms with van der Waals surface area (Å²) in [6.45, 7) is 8.40. The van der Waals surface area contributed by atoms with Gasteiger partial charge in [0, 0.05) is 16.5 Å². The molecule has 0 unspecified atom stereocenters. The number of nitrogen functional groups attached to an aromatic ring is 1. The summed E-state index contributed by atoms with van der Waals surface area (Å²) in [5.41, 5.74) is 9.97. The van der Waals surface area contributed by atoms with Crippen molar-refractivity contribution in [1.82, 2.24) is 25.2 Å². The highest BCUT2D eigenvalue weighted by molar-refractivity contribution is 5.87. The molecular weight excluding hydrogens is 264 g/mol. The molecule has 6 nitrogen and oxygen atoms in total. The summed E-state index contributed by atoms with van der Waals surface area (Å²) in [5, 5.41) is 12.3. The van der Waals surface area contributed by atoms with Crippen LogP contribution in [0.25, 0.3) is 16.6 Å². The summed E-state index contributed by atoms with van der Waals surface area (Å²) in [4.78, 5) is 4.61. The summed E-state index contributed by atoms with van der Waals surface area (Å²) in [6, 6.07) is 6.15. The standard InChI is InChI=1S/C15H18N6/c1-9-12(21-8-17-19-20-21)6-5-10-7-11(15(2,3)4)14(16)18-13(9)10/h5-8H,1-4H3,(H2,16,18). The van der Waals surface area contributed by atoms with Gasteiger partial charge in [-0.25, -0.2) is 9.67 Å². The average Bonchev–Trinajstić information content (AvgIpc) is 2.92. The molecule has 6 heteroatoms. The fourth-order valence-corrected chi connectivity index (χ4v) is 2.51. The van der Waals surface area contributed by atoms with Crippen LogP contribution in [0.1, 0.15) is 31.9 Å². The zero-order chi connectivity index (χ0) is 15.2. The Labute approximate surface area is 123 Å². The van der Waals surface area contributed by atoms with E-state index in [1.54, 1.807) is 11.0 Å². The molecule has 2 aromatic heterocycles. The van der Waals surface area contributed by atoms with Crippen molar-refractivity contribution >= 4 is 16.7 Å². The molecule has 108 valence electrons. The Morgan fingerprint density at radius 1 is 1.19 bits per heavy atom. The highest BCUT2D eigenvalue weighted by atomic mass is 15.5. The molecule has 2 N–H and O–H groups in total. The van der Waals surface area contributed by atoms with Crippen molar-refractivity contribution in [1.29, 1.82) is 0 Å². The predicted molar refractivity (Wildman–Crippen MR) is 82.3 cm³/mol. The van der Waals surface area contributed by atoms with Gasteiger partial charge in [-0.15, -0.1) is 5.10 Å². The second kappa shape index (κ2) is 4.51. The summed E-state index contributed by atoms with van der Waals surface area (Å²) in [7, 11) is 0. The Morgan fingerprint density at radius 2 is 1.95 bits per heavy atom. The number of anilines is 1. The molecule has 0 radical (unpaired) electrons. The van der Waals surface area contributed by atoms with Crippen LogP contribution in [0.15, 0.2) is 24.5 Å². The van der Waals surface area contributed by atoms with Gasteiger partial charge in [0.25, 0.3) is 0 Å². The number of hydrogen-bond acceptors (Lipinski definition) is 5. The fraction of sp³-hybridized carbons (Fsp3) is 0.333. The highest BCUT2D eigenvalue weighted by Crippen LogP contribution is 2.31. The Hall–Kier alpha value is -2.50. The van der Waals surface area contributed by atoms with Gasteiger partial charge in [0.2, 0.25) is 0 Å². The van der Waals surface area contributed by atoms with E-state index in [0.29, 0.717) is 5.82 Å². The molecule has 21 heavy (non-hydrogen) atoms. The quantitative estimate of drug-likeness (QED) is 0.741. The number of benzene rings is 1. The summed E-state index contributed by atoms with van der Waals surface area (Å²) in [6.07, 6.45) is 1.57.